The van der Waals surface area contributed by atoms with Gasteiger partial charge < -0.3 is 9.72 Å². The fourth-order valence-corrected chi connectivity index (χ4v) is 2.39. The third-order valence-corrected chi connectivity index (χ3v) is 3.25. The second-order valence-electron chi connectivity index (χ2n) is 4.37. The van der Waals surface area contributed by atoms with Crippen molar-refractivity contribution in [2.45, 2.75) is 6.92 Å². The first-order chi connectivity index (χ1) is 8.70. The SMILES string of the molecule is COC(=O)c1ccc2c(c1)[nH]c1cccc(C)c12. The number of aryl methyl sites for hydroxylation is 1. The molecule has 0 unspecified atom stereocenters. The molecule has 1 heterocycles. The van der Waals surface area contributed by atoms with Gasteiger partial charge in [-0.05, 0) is 30.7 Å². The lowest BCUT2D eigenvalue weighted by molar-refractivity contribution is 0.0601. The zero-order valence-corrected chi connectivity index (χ0v) is 10.3. The van der Waals surface area contributed by atoms with E-state index in [-0.39, 0.29) is 5.97 Å². The van der Waals surface area contributed by atoms with Crippen LogP contribution in [0.1, 0.15) is 15.9 Å². The molecule has 0 aliphatic carbocycles. The molecule has 0 saturated heterocycles. The Hall–Kier alpha value is -2.29. The number of hydrogen-bond donors (Lipinski definition) is 1. The minimum absolute atomic E-state index is 0.313. The van der Waals surface area contributed by atoms with Crippen molar-refractivity contribution < 1.29 is 9.53 Å². The summed E-state index contributed by atoms with van der Waals surface area (Å²) in [5, 5.41) is 2.35. The molecule has 0 aliphatic rings. The summed E-state index contributed by atoms with van der Waals surface area (Å²) in [5.41, 5.74) is 3.84. The number of esters is 1. The summed E-state index contributed by atoms with van der Waals surface area (Å²) in [6.07, 6.45) is 0. The van der Waals surface area contributed by atoms with Crippen LogP contribution in [0.4, 0.5) is 0 Å². The molecule has 0 radical (unpaired) electrons. The van der Waals surface area contributed by atoms with Gasteiger partial charge in [0.25, 0.3) is 0 Å². The topological polar surface area (TPSA) is 42.1 Å². The van der Waals surface area contributed by atoms with Crippen LogP contribution >= 0.6 is 0 Å². The lowest BCUT2D eigenvalue weighted by Gasteiger charge is -1.99. The molecule has 18 heavy (non-hydrogen) atoms. The van der Waals surface area contributed by atoms with Crippen LogP contribution in [-0.4, -0.2) is 18.1 Å². The van der Waals surface area contributed by atoms with Crippen LogP contribution in [0.5, 0.6) is 0 Å². The smallest absolute Gasteiger partial charge is 0.337 e. The number of rotatable bonds is 1. The summed E-state index contributed by atoms with van der Waals surface area (Å²) in [6, 6.07) is 11.8. The van der Waals surface area contributed by atoms with Gasteiger partial charge in [0.05, 0.1) is 12.7 Å². The summed E-state index contributed by atoms with van der Waals surface area (Å²) < 4.78 is 4.73. The number of aromatic nitrogens is 1. The molecule has 3 aromatic rings. The van der Waals surface area contributed by atoms with Gasteiger partial charge in [-0.25, -0.2) is 4.79 Å². The van der Waals surface area contributed by atoms with Crippen molar-refractivity contribution in [2.24, 2.45) is 0 Å². The van der Waals surface area contributed by atoms with Gasteiger partial charge in [-0.3, -0.25) is 0 Å². The van der Waals surface area contributed by atoms with Crippen molar-refractivity contribution in [3.05, 3.63) is 47.5 Å². The average Bonchev–Trinajstić information content (AvgIpc) is 2.76. The molecule has 0 bridgehead atoms. The van der Waals surface area contributed by atoms with Crippen LogP contribution in [0.25, 0.3) is 21.8 Å². The Kier molecular flexibility index (Phi) is 2.33. The van der Waals surface area contributed by atoms with E-state index in [0.717, 1.165) is 16.4 Å². The maximum atomic E-state index is 11.5. The van der Waals surface area contributed by atoms with E-state index in [0.29, 0.717) is 5.56 Å². The highest BCUT2D eigenvalue weighted by atomic mass is 16.5. The van der Waals surface area contributed by atoms with Crippen molar-refractivity contribution in [3.63, 3.8) is 0 Å². The zero-order chi connectivity index (χ0) is 12.7. The van der Waals surface area contributed by atoms with E-state index in [1.54, 1.807) is 6.07 Å². The van der Waals surface area contributed by atoms with Crippen molar-refractivity contribution in [1.29, 1.82) is 0 Å². The number of carbonyl (C=O) groups excluding carboxylic acids is 1. The fraction of sp³-hybridized carbons (Fsp3) is 0.133. The molecule has 0 spiro atoms. The Morgan fingerprint density at radius 3 is 2.78 bits per heavy atom. The third-order valence-electron chi connectivity index (χ3n) is 3.25. The molecule has 0 atom stereocenters. The van der Waals surface area contributed by atoms with Crippen molar-refractivity contribution in [1.82, 2.24) is 4.98 Å². The molecular weight excluding hydrogens is 226 g/mol. The lowest BCUT2D eigenvalue weighted by Crippen LogP contribution is -2.00. The van der Waals surface area contributed by atoms with Gasteiger partial charge in [-0.1, -0.05) is 18.2 Å². The van der Waals surface area contributed by atoms with Gasteiger partial charge >= 0.3 is 5.97 Å². The number of fused-ring (bicyclic) bond motifs is 3. The van der Waals surface area contributed by atoms with Crippen LogP contribution in [0.15, 0.2) is 36.4 Å². The minimum Gasteiger partial charge on any atom is -0.465 e. The summed E-state index contributed by atoms with van der Waals surface area (Å²) >= 11 is 0. The number of ether oxygens (including phenoxy) is 1. The fourth-order valence-electron chi connectivity index (χ4n) is 2.39. The Labute approximate surface area is 104 Å². The predicted molar refractivity (Wildman–Crippen MR) is 71.9 cm³/mol. The Morgan fingerprint density at radius 2 is 2.00 bits per heavy atom. The number of H-pyrrole nitrogens is 1. The normalized spacial score (nSPS) is 11.0. The van der Waals surface area contributed by atoms with E-state index >= 15 is 0 Å². The highest BCUT2D eigenvalue weighted by Gasteiger charge is 2.10. The van der Waals surface area contributed by atoms with Crippen molar-refractivity contribution in [3.8, 4) is 0 Å². The van der Waals surface area contributed by atoms with Gasteiger partial charge in [-0.2, -0.15) is 0 Å². The third kappa shape index (κ3) is 1.48. The molecular formula is C15H13NO2. The number of aromatic amines is 1. The van der Waals surface area contributed by atoms with Gasteiger partial charge in [0.1, 0.15) is 0 Å². The van der Waals surface area contributed by atoms with Crippen LogP contribution in [0.2, 0.25) is 0 Å². The first-order valence-electron chi connectivity index (χ1n) is 5.80. The quantitative estimate of drug-likeness (QED) is 0.661. The van der Waals surface area contributed by atoms with E-state index in [1.165, 1.54) is 18.1 Å². The number of hydrogen-bond acceptors (Lipinski definition) is 2. The molecule has 0 aliphatic heterocycles. The van der Waals surface area contributed by atoms with E-state index in [4.69, 9.17) is 4.74 Å². The minimum atomic E-state index is -0.313. The number of benzene rings is 2. The maximum absolute atomic E-state index is 11.5. The summed E-state index contributed by atoms with van der Waals surface area (Å²) in [5.74, 6) is -0.313. The van der Waals surface area contributed by atoms with Crippen LogP contribution in [-0.2, 0) is 4.74 Å². The van der Waals surface area contributed by atoms with E-state index in [2.05, 4.69) is 18.0 Å². The number of nitrogens with one attached hydrogen (secondary N) is 1. The maximum Gasteiger partial charge on any atom is 0.337 e. The molecule has 0 saturated carbocycles. The Morgan fingerprint density at radius 1 is 1.17 bits per heavy atom. The Bertz CT molecular complexity index is 756. The second-order valence-corrected chi connectivity index (χ2v) is 4.37. The van der Waals surface area contributed by atoms with Gasteiger partial charge in [-0.15, -0.1) is 0 Å². The average molecular weight is 239 g/mol. The van der Waals surface area contributed by atoms with Gasteiger partial charge in [0, 0.05) is 21.8 Å². The molecule has 0 amide bonds. The highest BCUT2D eigenvalue weighted by Crippen LogP contribution is 2.28. The second kappa shape index (κ2) is 3.88. The molecule has 1 aromatic heterocycles. The van der Waals surface area contributed by atoms with Crippen LogP contribution in [0, 0.1) is 6.92 Å². The van der Waals surface area contributed by atoms with Crippen LogP contribution < -0.4 is 0 Å². The van der Waals surface area contributed by atoms with Crippen LogP contribution in [0.3, 0.4) is 0 Å². The number of carbonyl (C=O) groups is 1. The first kappa shape index (κ1) is 10.8. The van der Waals surface area contributed by atoms with E-state index in [1.807, 2.05) is 24.3 Å². The standard InChI is InChI=1S/C15H13NO2/c1-9-4-3-5-12-14(9)11-7-6-10(15(17)18-2)8-13(11)16-12/h3-8,16H,1-2H3. The molecule has 0 fully saturated rings. The molecule has 1 N–H and O–H groups in total. The van der Waals surface area contributed by atoms with Gasteiger partial charge in [0.15, 0.2) is 0 Å². The summed E-state index contributed by atoms with van der Waals surface area (Å²) in [7, 11) is 1.39. The predicted octanol–water partition coefficient (Wildman–Crippen LogP) is 3.42. The summed E-state index contributed by atoms with van der Waals surface area (Å²) in [4.78, 5) is 14.8. The first-order valence-corrected chi connectivity index (χ1v) is 5.80. The summed E-state index contributed by atoms with van der Waals surface area (Å²) in [6.45, 7) is 2.09. The van der Waals surface area contributed by atoms with Crippen molar-refractivity contribution >= 4 is 27.8 Å². The molecule has 3 rings (SSSR count). The lowest BCUT2D eigenvalue weighted by atomic mass is 10.1. The Balaban J connectivity index is 2.34. The molecule has 3 nitrogen and oxygen atoms in total. The molecule has 2 aromatic carbocycles. The molecule has 90 valence electrons. The van der Waals surface area contributed by atoms with Gasteiger partial charge in [0.2, 0.25) is 0 Å². The molecule has 3 heteroatoms. The number of methoxy groups -OCH3 is 1. The largest absolute Gasteiger partial charge is 0.465 e. The van der Waals surface area contributed by atoms with E-state index in [9.17, 15) is 4.79 Å². The zero-order valence-electron chi connectivity index (χ0n) is 10.3. The van der Waals surface area contributed by atoms with E-state index < -0.39 is 0 Å². The monoisotopic (exact) mass is 239 g/mol. The van der Waals surface area contributed by atoms with Crippen molar-refractivity contribution in [2.75, 3.05) is 7.11 Å². The highest BCUT2D eigenvalue weighted by molar-refractivity contribution is 6.10.